The summed E-state index contributed by atoms with van der Waals surface area (Å²) in [6.07, 6.45) is 0.173. The first-order chi connectivity index (χ1) is 12.4. The third-order valence-electron chi connectivity index (χ3n) is 3.08. The molecule has 1 heterocycles. The number of ether oxygens (including phenoxy) is 2. The highest BCUT2D eigenvalue weighted by Crippen LogP contribution is 2.16. The highest BCUT2D eigenvalue weighted by atomic mass is 16.6. The van der Waals surface area contributed by atoms with Gasteiger partial charge in [-0.05, 0) is 33.8 Å². The van der Waals surface area contributed by atoms with Gasteiger partial charge in [-0.3, -0.25) is 14.8 Å². The van der Waals surface area contributed by atoms with E-state index in [1.165, 1.54) is 23.7 Å². The number of nitrogens with two attached hydrogens (primary N) is 1. The predicted molar refractivity (Wildman–Crippen MR) is 96.7 cm³/mol. The van der Waals surface area contributed by atoms with Crippen LogP contribution in [0.1, 0.15) is 42.5 Å². The van der Waals surface area contributed by atoms with E-state index in [-0.39, 0.29) is 24.3 Å². The van der Waals surface area contributed by atoms with Gasteiger partial charge in [0.25, 0.3) is 0 Å². The Morgan fingerprint density at radius 1 is 1.30 bits per heavy atom. The maximum atomic E-state index is 12.1. The van der Waals surface area contributed by atoms with Crippen LogP contribution in [0, 0.1) is 6.92 Å². The fourth-order valence-electron chi connectivity index (χ4n) is 2.11. The Morgan fingerprint density at radius 2 is 1.93 bits per heavy atom. The van der Waals surface area contributed by atoms with Crippen LogP contribution in [0.2, 0.25) is 0 Å². The Kier molecular flexibility index (Phi) is 7.15. The lowest BCUT2D eigenvalue weighted by molar-refractivity contribution is -0.120. The summed E-state index contributed by atoms with van der Waals surface area (Å²) >= 11 is 0. The molecule has 10 heteroatoms. The number of imide groups is 1. The van der Waals surface area contributed by atoms with Crippen LogP contribution in [0.15, 0.2) is 18.7 Å². The van der Waals surface area contributed by atoms with Crippen LogP contribution in [0.4, 0.5) is 9.59 Å². The first-order valence-corrected chi connectivity index (χ1v) is 8.03. The molecule has 0 atom stereocenters. The van der Waals surface area contributed by atoms with Crippen molar-refractivity contribution in [3.8, 4) is 0 Å². The minimum absolute atomic E-state index is 0.00116. The van der Waals surface area contributed by atoms with Crippen LogP contribution in [-0.4, -0.2) is 40.9 Å². The average molecular weight is 380 g/mol. The monoisotopic (exact) mass is 380 g/mol. The number of rotatable bonds is 6. The number of carbonyl (C=O) groups is 4. The molecule has 1 rings (SSSR count). The van der Waals surface area contributed by atoms with Crippen molar-refractivity contribution in [2.45, 2.75) is 39.7 Å². The van der Waals surface area contributed by atoms with Crippen molar-refractivity contribution in [3.63, 3.8) is 0 Å². The Hall–Kier alpha value is -3.30. The Morgan fingerprint density at radius 3 is 2.44 bits per heavy atom. The summed E-state index contributed by atoms with van der Waals surface area (Å²) in [6, 6.07) is 0.472. The fraction of sp³-hybridized carbons (Fsp3) is 0.412. The third kappa shape index (κ3) is 6.84. The summed E-state index contributed by atoms with van der Waals surface area (Å²) in [5.74, 6) is -1.36. The number of urea groups is 1. The molecule has 0 saturated carbocycles. The molecular formula is C17H24N4O6. The van der Waals surface area contributed by atoms with Crippen molar-refractivity contribution in [2.24, 2.45) is 5.73 Å². The molecule has 0 fully saturated rings. The summed E-state index contributed by atoms with van der Waals surface area (Å²) in [7, 11) is 0. The minimum atomic E-state index is -0.907. The molecular weight excluding hydrogens is 356 g/mol. The molecule has 148 valence electrons. The summed E-state index contributed by atoms with van der Waals surface area (Å²) in [4.78, 5) is 47.1. The van der Waals surface area contributed by atoms with Gasteiger partial charge >= 0.3 is 18.1 Å². The summed E-state index contributed by atoms with van der Waals surface area (Å²) in [5.41, 5.74) is 7.33. The van der Waals surface area contributed by atoms with E-state index < -0.39 is 29.6 Å². The van der Waals surface area contributed by atoms with Crippen molar-refractivity contribution in [1.82, 2.24) is 9.99 Å². The minimum Gasteiger partial charge on any atom is -0.458 e. The Bertz CT molecular complexity index is 760. The lowest BCUT2D eigenvalue weighted by atomic mass is 10.2. The standard InChI is InChI=1S/C17H24N4O6/c1-6-7-26-14(23)12-8-11(21(10(12)2)20-15(18)24)9-13(22)19-16(25)27-17(3,4)5/h6,8H,1,7,9H2,2-5H3,(H3,18,20,24)(H,19,22,25). The van der Waals surface area contributed by atoms with E-state index in [9.17, 15) is 19.2 Å². The van der Waals surface area contributed by atoms with Crippen LogP contribution in [-0.2, 0) is 20.7 Å². The maximum absolute atomic E-state index is 12.1. The molecule has 4 amide bonds. The van der Waals surface area contributed by atoms with Crippen molar-refractivity contribution in [3.05, 3.63) is 35.7 Å². The number of nitrogens with one attached hydrogen (secondary N) is 2. The van der Waals surface area contributed by atoms with Crippen LogP contribution < -0.4 is 16.5 Å². The Labute approximate surface area is 156 Å². The third-order valence-corrected chi connectivity index (χ3v) is 3.08. The number of primary amides is 1. The number of nitrogens with zero attached hydrogens (tertiary/aromatic N) is 1. The molecule has 0 aliphatic heterocycles. The molecule has 0 aromatic carbocycles. The molecule has 0 aliphatic rings. The van der Waals surface area contributed by atoms with Crippen molar-refractivity contribution < 1.29 is 28.7 Å². The number of hydrogen-bond donors (Lipinski definition) is 3. The normalized spacial score (nSPS) is 10.7. The zero-order chi connectivity index (χ0) is 20.8. The number of hydrogen-bond acceptors (Lipinski definition) is 6. The summed E-state index contributed by atoms with van der Waals surface area (Å²) < 4.78 is 11.2. The molecule has 0 radical (unpaired) electrons. The van der Waals surface area contributed by atoms with Crippen molar-refractivity contribution in [2.75, 3.05) is 12.0 Å². The topological polar surface area (TPSA) is 142 Å². The smallest absolute Gasteiger partial charge is 0.414 e. The molecule has 0 bridgehead atoms. The molecule has 0 saturated heterocycles. The van der Waals surface area contributed by atoms with Crippen molar-refractivity contribution in [1.29, 1.82) is 0 Å². The van der Waals surface area contributed by atoms with E-state index in [1.54, 1.807) is 20.8 Å². The summed E-state index contributed by atoms with van der Waals surface area (Å²) in [5, 5.41) is 2.07. The average Bonchev–Trinajstić information content (AvgIpc) is 2.79. The maximum Gasteiger partial charge on any atom is 0.414 e. The number of esters is 1. The van der Waals surface area contributed by atoms with Gasteiger partial charge < -0.3 is 15.2 Å². The van der Waals surface area contributed by atoms with Gasteiger partial charge in [-0.15, -0.1) is 0 Å². The van der Waals surface area contributed by atoms with E-state index in [2.05, 4.69) is 17.3 Å². The first-order valence-electron chi connectivity index (χ1n) is 8.03. The molecule has 1 aromatic rings. The number of amides is 4. The first kappa shape index (κ1) is 21.7. The zero-order valence-corrected chi connectivity index (χ0v) is 15.8. The lowest BCUT2D eigenvalue weighted by Gasteiger charge is -2.19. The van der Waals surface area contributed by atoms with E-state index >= 15 is 0 Å². The number of carbonyl (C=O) groups excluding carboxylic acids is 4. The van der Waals surface area contributed by atoms with E-state index in [0.717, 1.165) is 0 Å². The highest BCUT2D eigenvalue weighted by molar-refractivity contribution is 5.95. The molecule has 4 N–H and O–H groups in total. The van der Waals surface area contributed by atoms with Gasteiger partial charge in [-0.2, -0.15) is 0 Å². The van der Waals surface area contributed by atoms with Crippen LogP contribution in [0.3, 0.4) is 0 Å². The molecule has 1 aromatic heterocycles. The predicted octanol–water partition coefficient (Wildman–Crippen LogP) is 1.36. The van der Waals surface area contributed by atoms with E-state index in [1.807, 2.05) is 0 Å². The van der Waals surface area contributed by atoms with Crippen molar-refractivity contribution >= 4 is 24.0 Å². The van der Waals surface area contributed by atoms with E-state index in [0.29, 0.717) is 5.69 Å². The second kappa shape index (κ2) is 8.88. The van der Waals surface area contributed by atoms with Gasteiger partial charge in [0.1, 0.15) is 12.2 Å². The largest absolute Gasteiger partial charge is 0.458 e. The molecule has 0 unspecified atom stereocenters. The van der Waals surface area contributed by atoms with Crippen LogP contribution >= 0.6 is 0 Å². The highest BCUT2D eigenvalue weighted by Gasteiger charge is 2.23. The fourth-order valence-corrected chi connectivity index (χ4v) is 2.11. The molecule has 0 spiro atoms. The van der Waals surface area contributed by atoms with Gasteiger partial charge in [0.05, 0.1) is 23.4 Å². The second-order valence-electron chi connectivity index (χ2n) is 6.56. The van der Waals surface area contributed by atoms with Crippen LogP contribution in [0.25, 0.3) is 0 Å². The second-order valence-corrected chi connectivity index (χ2v) is 6.56. The molecule has 0 aliphatic carbocycles. The van der Waals surface area contributed by atoms with Gasteiger partial charge in [0.2, 0.25) is 5.91 Å². The van der Waals surface area contributed by atoms with Gasteiger partial charge in [-0.1, -0.05) is 12.7 Å². The Balaban J connectivity index is 3.02. The SMILES string of the molecule is C=CCOC(=O)c1cc(CC(=O)NC(=O)OC(C)(C)C)n(NC(N)=O)c1C. The zero-order valence-electron chi connectivity index (χ0n) is 15.8. The summed E-state index contributed by atoms with van der Waals surface area (Å²) in [6.45, 7) is 9.96. The molecule has 27 heavy (non-hydrogen) atoms. The van der Waals surface area contributed by atoms with E-state index in [4.69, 9.17) is 15.2 Å². The number of aromatic nitrogens is 1. The van der Waals surface area contributed by atoms with Gasteiger partial charge in [0.15, 0.2) is 0 Å². The van der Waals surface area contributed by atoms with Gasteiger partial charge in [0, 0.05) is 0 Å². The van der Waals surface area contributed by atoms with Crippen LogP contribution in [0.5, 0.6) is 0 Å². The lowest BCUT2D eigenvalue weighted by Crippen LogP contribution is -2.38. The van der Waals surface area contributed by atoms with Gasteiger partial charge in [-0.25, -0.2) is 19.8 Å². The molecule has 10 nitrogen and oxygen atoms in total. The quantitative estimate of drug-likeness (QED) is 0.502. The number of alkyl carbamates (subject to hydrolysis) is 1.